The van der Waals surface area contributed by atoms with Gasteiger partial charge >= 0.3 is 12.0 Å². The summed E-state index contributed by atoms with van der Waals surface area (Å²) in [6, 6.07) is 4.17. The molecule has 0 aliphatic heterocycles. The van der Waals surface area contributed by atoms with Gasteiger partial charge in [-0.2, -0.15) is 0 Å². The molecule has 21 heavy (non-hydrogen) atoms. The first-order valence-corrected chi connectivity index (χ1v) is 7.29. The molecule has 2 rings (SSSR count). The zero-order chi connectivity index (χ0) is 15.4. The second-order valence-corrected chi connectivity index (χ2v) is 5.78. The van der Waals surface area contributed by atoms with Crippen LogP contribution < -0.4 is 15.4 Å². The van der Waals surface area contributed by atoms with Crippen molar-refractivity contribution in [2.75, 3.05) is 6.61 Å². The molecule has 1 aliphatic carbocycles. The number of halogens is 1. The van der Waals surface area contributed by atoms with Crippen LogP contribution in [0.3, 0.4) is 0 Å². The molecular weight excluding hydrogens is 391 g/mol. The van der Waals surface area contributed by atoms with Gasteiger partial charge in [-0.3, -0.25) is 10.1 Å². The molecule has 3 amide bonds. The molecule has 1 aromatic carbocycles. The highest BCUT2D eigenvalue weighted by molar-refractivity contribution is 14.1. The zero-order valence-electron chi connectivity index (χ0n) is 10.9. The Balaban J connectivity index is 1.88. The Morgan fingerprint density at radius 1 is 1.33 bits per heavy atom. The Bertz CT molecular complexity index is 586. The fourth-order valence-corrected chi connectivity index (χ4v) is 2.04. The van der Waals surface area contributed by atoms with Crippen molar-refractivity contribution in [3.05, 3.63) is 27.3 Å². The largest absolute Gasteiger partial charge is 0.483 e. The number of amides is 3. The van der Waals surface area contributed by atoms with E-state index < -0.39 is 24.5 Å². The maximum atomic E-state index is 11.5. The van der Waals surface area contributed by atoms with Crippen LogP contribution in [0.2, 0.25) is 0 Å². The number of benzene rings is 1. The molecular formula is C13H13IN2O5. The number of urea groups is 1. The van der Waals surface area contributed by atoms with E-state index in [4.69, 9.17) is 9.84 Å². The van der Waals surface area contributed by atoms with E-state index in [-0.39, 0.29) is 17.4 Å². The molecule has 1 aromatic rings. The Labute approximate surface area is 134 Å². The number of hydrogen-bond acceptors (Lipinski definition) is 4. The predicted molar refractivity (Wildman–Crippen MR) is 81.3 cm³/mol. The highest BCUT2D eigenvalue weighted by Crippen LogP contribution is 2.21. The quantitative estimate of drug-likeness (QED) is 0.643. The number of hydrogen-bond donors (Lipinski definition) is 3. The number of rotatable bonds is 5. The third kappa shape index (κ3) is 4.88. The van der Waals surface area contributed by atoms with E-state index in [9.17, 15) is 14.4 Å². The summed E-state index contributed by atoms with van der Waals surface area (Å²) in [6.45, 7) is -0.432. The third-order valence-corrected chi connectivity index (χ3v) is 3.37. The third-order valence-electron chi connectivity index (χ3n) is 2.70. The lowest BCUT2D eigenvalue weighted by molar-refractivity contribution is -0.122. The van der Waals surface area contributed by atoms with Gasteiger partial charge in [-0.05, 0) is 53.6 Å². The van der Waals surface area contributed by atoms with Crippen molar-refractivity contribution in [3.8, 4) is 5.75 Å². The summed E-state index contributed by atoms with van der Waals surface area (Å²) in [7, 11) is 0. The minimum atomic E-state index is -1.14. The van der Waals surface area contributed by atoms with E-state index in [2.05, 4.69) is 10.6 Å². The average Bonchev–Trinajstić information content (AvgIpc) is 3.20. The molecule has 7 nitrogen and oxygen atoms in total. The molecule has 0 spiro atoms. The molecule has 1 saturated carbocycles. The lowest BCUT2D eigenvalue weighted by atomic mass is 10.2. The van der Waals surface area contributed by atoms with Crippen molar-refractivity contribution in [1.82, 2.24) is 10.6 Å². The van der Waals surface area contributed by atoms with Crippen LogP contribution in [0.25, 0.3) is 0 Å². The predicted octanol–water partition coefficient (Wildman–Crippen LogP) is 1.36. The number of nitrogens with one attached hydrogen (secondary N) is 2. The van der Waals surface area contributed by atoms with Crippen molar-refractivity contribution in [2.24, 2.45) is 0 Å². The van der Waals surface area contributed by atoms with Crippen molar-refractivity contribution >= 4 is 40.5 Å². The number of carboxylic acids is 1. The van der Waals surface area contributed by atoms with Crippen molar-refractivity contribution in [3.63, 3.8) is 0 Å². The normalized spacial score (nSPS) is 13.4. The summed E-state index contributed by atoms with van der Waals surface area (Å²) in [5.74, 6) is -1.70. The van der Waals surface area contributed by atoms with Gasteiger partial charge in [0, 0.05) is 9.61 Å². The highest BCUT2D eigenvalue weighted by Gasteiger charge is 2.24. The maximum absolute atomic E-state index is 11.5. The van der Waals surface area contributed by atoms with Crippen LogP contribution in [0.5, 0.6) is 5.75 Å². The summed E-state index contributed by atoms with van der Waals surface area (Å²) >= 11 is 1.98. The van der Waals surface area contributed by atoms with Crippen molar-refractivity contribution < 1.29 is 24.2 Å². The number of imide groups is 1. The SMILES string of the molecule is O=C(COc1ccc(I)cc1C(=O)O)NC(=O)NC1CC1. The van der Waals surface area contributed by atoms with Crippen LogP contribution in [0.1, 0.15) is 23.2 Å². The monoisotopic (exact) mass is 404 g/mol. The molecule has 1 fully saturated rings. The standard InChI is InChI=1S/C13H13IN2O5/c14-7-1-4-10(9(5-7)12(18)19)21-6-11(17)16-13(20)15-8-2-3-8/h1,4-5,8H,2-3,6H2,(H,18,19)(H2,15,16,17,20). The van der Waals surface area contributed by atoms with Crippen LogP contribution in [0.15, 0.2) is 18.2 Å². The smallest absolute Gasteiger partial charge is 0.339 e. The van der Waals surface area contributed by atoms with E-state index in [1.807, 2.05) is 22.6 Å². The molecule has 0 unspecified atom stereocenters. The van der Waals surface area contributed by atoms with Crippen LogP contribution in [0.4, 0.5) is 4.79 Å². The second-order valence-electron chi connectivity index (χ2n) is 4.53. The molecule has 1 aliphatic rings. The molecule has 0 aromatic heterocycles. The van der Waals surface area contributed by atoms with Gasteiger partial charge in [0.05, 0.1) is 0 Å². The van der Waals surface area contributed by atoms with Crippen LogP contribution in [0, 0.1) is 3.57 Å². The molecule has 0 saturated heterocycles. The lowest BCUT2D eigenvalue weighted by Gasteiger charge is -2.10. The first kappa shape index (κ1) is 15.5. The van der Waals surface area contributed by atoms with Gasteiger partial charge in [0.25, 0.3) is 5.91 Å². The first-order chi connectivity index (χ1) is 9.95. The van der Waals surface area contributed by atoms with Gasteiger partial charge in [0.1, 0.15) is 11.3 Å². The maximum Gasteiger partial charge on any atom is 0.339 e. The summed E-state index contributed by atoms with van der Waals surface area (Å²) in [5, 5.41) is 13.8. The first-order valence-electron chi connectivity index (χ1n) is 6.21. The van der Waals surface area contributed by atoms with Gasteiger partial charge in [-0.1, -0.05) is 0 Å². The zero-order valence-corrected chi connectivity index (χ0v) is 13.0. The summed E-state index contributed by atoms with van der Waals surface area (Å²) < 4.78 is 5.90. The molecule has 0 bridgehead atoms. The molecule has 3 N–H and O–H groups in total. The van der Waals surface area contributed by atoms with E-state index in [1.165, 1.54) is 12.1 Å². The topological polar surface area (TPSA) is 105 Å². The Morgan fingerprint density at radius 2 is 2.05 bits per heavy atom. The number of carboxylic acid groups (broad SMARTS) is 1. The van der Waals surface area contributed by atoms with Gasteiger partial charge in [0.15, 0.2) is 6.61 Å². The van der Waals surface area contributed by atoms with Crippen molar-refractivity contribution in [1.29, 1.82) is 0 Å². The Hall–Kier alpha value is -1.84. The second kappa shape index (κ2) is 6.74. The van der Waals surface area contributed by atoms with Gasteiger partial charge in [-0.15, -0.1) is 0 Å². The van der Waals surface area contributed by atoms with E-state index >= 15 is 0 Å². The Kier molecular flexibility index (Phi) is 4.99. The fourth-order valence-electron chi connectivity index (χ4n) is 1.55. The molecule has 0 heterocycles. The van der Waals surface area contributed by atoms with Crippen LogP contribution in [-0.4, -0.2) is 35.7 Å². The number of ether oxygens (including phenoxy) is 1. The molecule has 0 radical (unpaired) electrons. The number of carbonyl (C=O) groups is 3. The van der Waals surface area contributed by atoms with Crippen LogP contribution in [-0.2, 0) is 4.79 Å². The van der Waals surface area contributed by atoms with E-state index in [0.29, 0.717) is 0 Å². The van der Waals surface area contributed by atoms with Gasteiger partial charge < -0.3 is 15.2 Å². The van der Waals surface area contributed by atoms with Gasteiger partial charge in [0.2, 0.25) is 0 Å². The minimum absolute atomic E-state index is 0.0304. The lowest BCUT2D eigenvalue weighted by Crippen LogP contribution is -2.42. The molecule has 112 valence electrons. The average molecular weight is 404 g/mol. The fraction of sp³-hybridized carbons (Fsp3) is 0.308. The number of carbonyl (C=O) groups excluding carboxylic acids is 2. The number of aromatic carboxylic acids is 1. The Morgan fingerprint density at radius 3 is 2.67 bits per heavy atom. The van der Waals surface area contributed by atoms with E-state index in [1.54, 1.807) is 6.07 Å². The summed E-state index contributed by atoms with van der Waals surface area (Å²) in [4.78, 5) is 33.9. The summed E-state index contributed by atoms with van der Waals surface area (Å²) in [5.41, 5.74) is -0.0304. The summed E-state index contributed by atoms with van der Waals surface area (Å²) in [6.07, 6.45) is 1.84. The van der Waals surface area contributed by atoms with Gasteiger partial charge in [-0.25, -0.2) is 9.59 Å². The van der Waals surface area contributed by atoms with Crippen molar-refractivity contribution in [2.45, 2.75) is 18.9 Å². The van der Waals surface area contributed by atoms with E-state index in [0.717, 1.165) is 16.4 Å². The molecule has 0 atom stereocenters. The highest BCUT2D eigenvalue weighted by atomic mass is 127. The van der Waals surface area contributed by atoms with Crippen LogP contribution >= 0.6 is 22.6 Å². The minimum Gasteiger partial charge on any atom is -0.483 e. The molecule has 8 heteroatoms.